The summed E-state index contributed by atoms with van der Waals surface area (Å²) in [5.41, 5.74) is 1.12. The zero-order chi connectivity index (χ0) is 13.9. The van der Waals surface area contributed by atoms with Crippen molar-refractivity contribution >= 4 is 37.3 Å². The lowest BCUT2D eigenvalue weighted by molar-refractivity contribution is 0.576. The molecule has 0 bridgehead atoms. The van der Waals surface area contributed by atoms with Crippen molar-refractivity contribution in [2.45, 2.75) is 17.1 Å². The van der Waals surface area contributed by atoms with Crippen molar-refractivity contribution in [1.82, 2.24) is 4.72 Å². The highest BCUT2D eigenvalue weighted by molar-refractivity contribution is 9.10. The maximum atomic E-state index is 12.1. The van der Waals surface area contributed by atoms with Gasteiger partial charge in [-0.15, -0.1) is 11.3 Å². The number of nitrogens with one attached hydrogen (secondary N) is 1. The average Bonchev–Trinajstić information content (AvgIpc) is 2.84. The molecule has 19 heavy (non-hydrogen) atoms. The topological polar surface area (TPSA) is 46.2 Å². The summed E-state index contributed by atoms with van der Waals surface area (Å²) < 4.78 is 27.8. The first-order chi connectivity index (χ1) is 9.00. The summed E-state index contributed by atoms with van der Waals surface area (Å²) >= 11 is 4.45. The minimum atomic E-state index is -3.43. The number of hydrogen-bond donors (Lipinski definition) is 1. The molecule has 0 fully saturated rings. The molecule has 0 aliphatic rings. The summed E-state index contributed by atoms with van der Waals surface area (Å²) in [6.07, 6.45) is 0. The fourth-order valence-corrected chi connectivity index (χ4v) is 5.18. The Morgan fingerprint density at radius 3 is 2.53 bits per heavy atom. The second-order valence-corrected chi connectivity index (χ2v) is 7.95. The van der Waals surface area contributed by atoms with Crippen LogP contribution in [-0.2, 0) is 10.0 Å². The molecule has 0 aliphatic carbocycles. The van der Waals surface area contributed by atoms with Gasteiger partial charge < -0.3 is 0 Å². The van der Waals surface area contributed by atoms with Crippen LogP contribution in [0.3, 0.4) is 0 Å². The van der Waals surface area contributed by atoms with Gasteiger partial charge in [-0.1, -0.05) is 37.3 Å². The van der Waals surface area contributed by atoms with Crippen LogP contribution in [0.4, 0.5) is 0 Å². The van der Waals surface area contributed by atoms with E-state index < -0.39 is 10.0 Å². The summed E-state index contributed by atoms with van der Waals surface area (Å²) in [4.78, 5) is 0. The van der Waals surface area contributed by atoms with Crippen molar-refractivity contribution in [3.8, 4) is 0 Å². The molecule has 0 radical (unpaired) electrons. The monoisotopic (exact) mass is 359 g/mol. The van der Waals surface area contributed by atoms with Gasteiger partial charge >= 0.3 is 0 Å². The number of sulfonamides is 1. The van der Waals surface area contributed by atoms with Gasteiger partial charge in [-0.05, 0) is 38.9 Å². The summed E-state index contributed by atoms with van der Waals surface area (Å²) in [5.74, 6) is 0.134. The van der Waals surface area contributed by atoms with Crippen LogP contribution in [0.5, 0.6) is 0 Å². The average molecular weight is 360 g/mol. The molecule has 1 aromatic heterocycles. The third kappa shape index (κ3) is 3.66. The molecule has 0 aliphatic heterocycles. The third-order valence-corrected chi connectivity index (χ3v) is 6.87. The molecule has 1 atom stereocenters. The molecular weight excluding hydrogens is 346 g/mol. The fourth-order valence-electron chi connectivity index (χ4n) is 1.67. The Morgan fingerprint density at radius 1 is 1.26 bits per heavy atom. The molecule has 0 spiro atoms. The first-order valence-corrected chi connectivity index (χ1v) is 8.94. The van der Waals surface area contributed by atoms with Crippen molar-refractivity contribution in [2.75, 3.05) is 6.54 Å². The highest BCUT2D eigenvalue weighted by Crippen LogP contribution is 2.27. The second kappa shape index (κ2) is 6.17. The van der Waals surface area contributed by atoms with Crippen LogP contribution in [0, 0.1) is 0 Å². The number of rotatable bonds is 5. The van der Waals surface area contributed by atoms with Crippen molar-refractivity contribution in [3.05, 3.63) is 51.8 Å². The minimum absolute atomic E-state index is 0.134. The molecule has 0 amide bonds. The van der Waals surface area contributed by atoms with E-state index in [0.717, 1.165) is 5.56 Å². The summed E-state index contributed by atoms with van der Waals surface area (Å²) in [7, 11) is -3.43. The maximum Gasteiger partial charge on any atom is 0.251 e. The normalized spacial score (nSPS) is 13.4. The van der Waals surface area contributed by atoms with Crippen LogP contribution < -0.4 is 4.72 Å². The quantitative estimate of drug-likeness (QED) is 0.886. The van der Waals surface area contributed by atoms with Crippen LogP contribution in [0.1, 0.15) is 18.4 Å². The van der Waals surface area contributed by atoms with Gasteiger partial charge in [0.2, 0.25) is 0 Å². The van der Waals surface area contributed by atoms with Crippen molar-refractivity contribution < 1.29 is 8.42 Å². The Bertz CT molecular complexity index is 638. The molecule has 0 saturated heterocycles. The molecule has 1 aromatic carbocycles. The van der Waals surface area contributed by atoms with Crippen molar-refractivity contribution in [2.24, 2.45) is 0 Å². The van der Waals surface area contributed by atoms with Crippen LogP contribution in [-0.4, -0.2) is 15.0 Å². The lowest BCUT2D eigenvalue weighted by Gasteiger charge is -2.12. The summed E-state index contributed by atoms with van der Waals surface area (Å²) in [6, 6.07) is 11.6. The number of thiophene rings is 1. The molecule has 0 saturated carbocycles. The van der Waals surface area contributed by atoms with E-state index in [4.69, 9.17) is 0 Å². The van der Waals surface area contributed by atoms with E-state index in [0.29, 0.717) is 15.2 Å². The SMILES string of the molecule is CC(CNS(=O)(=O)c1sccc1Br)c1ccccc1. The summed E-state index contributed by atoms with van der Waals surface area (Å²) in [6.45, 7) is 2.39. The van der Waals surface area contributed by atoms with E-state index in [1.165, 1.54) is 11.3 Å². The molecule has 102 valence electrons. The number of halogens is 1. The standard InChI is InChI=1S/C13H14BrNO2S2/c1-10(11-5-3-2-4-6-11)9-15-19(16,17)13-12(14)7-8-18-13/h2-8,10,15H,9H2,1H3. The minimum Gasteiger partial charge on any atom is -0.210 e. The van der Waals surface area contributed by atoms with Crippen LogP contribution in [0.25, 0.3) is 0 Å². The van der Waals surface area contributed by atoms with E-state index in [1.54, 1.807) is 11.4 Å². The molecule has 6 heteroatoms. The molecule has 3 nitrogen and oxygen atoms in total. The number of benzene rings is 1. The van der Waals surface area contributed by atoms with E-state index >= 15 is 0 Å². The Morgan fingerprint density at radius 2 is 1.95 bits per heavy atom. The van der Waals surface area contributed by atoms with Gasteiger partial charge in [0.25, 0.3) is 10.0 Å². The van der Waals surface area contributed by atoms with Crippen LogP contribution >= 0.6 is 27.3 Å². The molecule has 1 N–H and O–H groups in total. The smallest absolute Gasteiger partial charge is 0.210 e. The highest BCUT2D eigenvalue weighted by Gasteiger charge is 2.19. The zero-order valence-electron chi connectivity index (χ0n) is 10.3. The largest absolute Gasteiger partial charge is 0.251 e. The Balaban J connectivity index is 2.05. The molecule has 1 heterocycles. The Kier molecular flexibility index (Phi) is 4.78. The first-order valence-electron chi connectivity index (χ1n) is 5.78. The van der Waals surface area contributed by atoms with Gasteiger partial charge in [-0.3, -0.25) is 0 Å². The lowest BCUT2D eigenvalue weighted by Crippen LogP contribution is -2.27. The maximum absolute atomic E-state index is 12.1. The van der Waals surface area contributed by atoms with E-state index in [2.05, 4.69) is 20.7 Å². The highest BCUT2D eigenvalue weighted by atomic mass is 79.9. The van der Waals surface area contributed by atoms with E-state index in [-0.39, 0.29) is 5.92 Å². The third-order valence-electron chi connectivity index (χ3n) is 2.78. The van der Waals surface area contributed by atoms with E-state index in [9.17, 15) is 8.42 Å². The van der Waals surface area contributed by atoms with Gasteiger partial charge in [0, 0.05) is 11.0 Å². The molecular formula is C13H14BrNO2S2. The predicted molar refractivity (Wildman–Crippen MR) is 82.1 cm³/mol. The Hall–Kier alpha value is -0.690. The van der Waals surface area contributed by atoms with Crippen LogP contribution in [0.15, 0.2) is 50.5 Å². The van der Waals surface area contributed by atoms with Crippen LogP contribution in [0.2, 0.25) is 0 Å². The second-order valence-electron chi connectivity index (χ2n) is 4.22. The lowest BCUT2D eigenvalue weighted by atomic mass is 10.0. The first kappa shape index (κ1) is 14.7. The molecule has 1 unspecified atom stereocenters. The van der Waals surface area contributed by atoms with Gasteiger partial charge in [-0.2, -0.15) is 0 Å². The fraction of sp³-hybridized carbons (Fsp3) is 0.231. The van der Waals surface area contributed by atoms with Crippen molar-refractivity contribution in [3.63, 3.8) is 0 Å². The van der Waals surface area contributed by atoms with Gasteiger partial charge in [0.1, 0.15) is 4.21 Å². The Labute approximate surface area is 125 Å². The number of hydrogen-bond acceptors (Lipinski definition) is 3. The van der Waals surface area contributed by atoms with E-state index in [1.807, 2.05) is 37.3 Å². The zero-order valence-corrected chi connectivity index (χ0v) is 13.6. The van der Waals surface area contributed by atoms with Crippen molar-refractivity contribution in [1.29, 1.82) is 0 Å². The van der Waals surface area contributed by atoms with Gasteiger partial charge in [0.05, 0.1) is 0 Å². The molecule has 2 rings (SSSR count). The van der Waals surface area contributed by atoms with Gasteiger partial charge in [0.15, 0.2) is 0 Å². The molecule has 2 aromatic rings. The van der Waals surface area contributed by atoms with Gasteiger partial charge in [-0.25, -0.2) is 13.1 Å². The predicted octanol–water partition coefficient (Wildman–Crippen LogP) is 3.59. The summed E-state index contributed by atoms with van der Waals surface area (Å²) in [5, 5.41) is 1.75.